The third kappa shape index (κ3) is 5.16. The zero-order chi connectivity index (χ0) is 33.1. The number of hydrogen-bond donors (Lipinski definition) is 0. The van der Waals surface area contributed by atoms with Gasteiger partial charge in [-0.2, -0.15) is 5.26 Å². The maximum absolute atomic E-state index is 10.5. The van der Waals surface area contributed by atoms with Crippen molar-refractivity contribution >= 4 is 21.8 Å². The molecule has 0 unspecified atom stereocenters. The molecule has 2 aromatic heterocycles. The summed E-state index contributed by atoms with van der Waals surface area (Å²) in [4.78, 5) is 13.7. The Kier molecular flexibility index (Phi) is 7.25. The molecule has 0 aliphatic rings. The molecule has 230 valence electrons. The van der Waals surface area contributed by atoms with Crippen molar-refractivity contribution in [2.75, 3.05) is 0 Å². The van der Waals surface area contributed by atoms with Crippen molar-refractivity contribution < 1.29 is 0 Å². The van der Waals surface area contributed by atoms with Crippen LogP contribution < -0.4 is 0 Å². The van der Waals surface area contributed by atoms with Gasteiger partial charge in [-0.25, -0.2) is 15.0 Å². The maximum atomic E-state index is 10.5. The van der Waals surface area contributed by atoms with Crippen LogP contribution in [-0.2, 0) is 0 Å². The number of fused-ring (bicyclic) bond motifs is 3. The Morgan fingerprint density at radius 3 is 1.40 bits per heavy atom. The predicted molar refractivity (Wildman–Crippen MR) is 193 cm³/mol. The number of benzene rings is 5. The lowest BCUT2D eigenvalue weighted by molar-refractivity contribution is 0.928. The van der Waals surface area contributed by atoms with Crippen LogP contribution in [0.4, 0.5) is 0 Å². The van der Waals surface area contributed by atoms with Crippen LogP contribution in [0.25, 0.3) is 61.1 Å². The average Bonchev–Trinajstić information content (AvgIpc) is 3.32. The Morgan fingerprint density at radius 2 is 0.957 bits per heavy atom. The third-order valence-corrected chi connectivity index (χ3v) is 9.18. The lowest BCUT2D eigenvalue weighted by Crippen LogP contribution is -2.02. The van der Waals surface area contributed by atoms with E-state index in [9.17, 15) is 5.26 Å². The van der Waals surface area contributed by atoms with Crippen LogP contribution >= 0.6 is 0 Å². The van der Waals surface area contributed by atoms with Crippen molar-refractivity contribution in [1.82, 2.24) is 19.5 Å². The second-order valence-electron chi connectivity index (χ2n) is 12.9. The van der Waals surface area contributed by atoms with Gasteiger partial charge in [0.05, 0.1) is 22.3 Å². The fraction of sp³-hybridized carbons (Fsp3) is 0.190. The molecule has 5 nitrogen and oxygen atoms in total. The number of rotatable bonds is 4. The summed E-state index contributed by atoms with van der Waals surface area (Å²) in [5.41, 5.74) is 16.6. The van der Waals surface area contributed by atoms with E-state index in [-0.39, 0.29) is 0 Å². The van der Waals surface area contributed by atoms with E-state index in [4.69, 9.17) is 0 Å². The average molecular weight is 612 g/mol. The van der Waals surface area contributed by atoms with Crippen LogP contribution in [0.2, 0.25) is 0 Å². The summed E-state index contributed by atoms with van der Waals surface area (Å²) in [6.07, 6.45) is 0. The quantitative estimate of drug-likeness (QED) is 0.199. The van der Waals surface area contributed by atoms with Gasteiger partial charge in [0.2, 0.25) is 0 Å². The maximum Gasteiger partial charge on any atom is 0.163 e. The van der Waals surface area contributed by atoms with Crippen LogP contribution in [0.15, 0.2) is 78.9 Å². The molecule has 5 heteroatoms. The minimum absolute atomic E-state index is 0.580. The van der Waals surface area contributed by atoms with Gasteiger partial charge in [-0.05, 0) is 130 Å². The number of aryl methyl sites for hydroxylation is 8. The molecule has 5 aromatic carbocycles. The fourth-order valence-corrected chi connectivity index (χ4v) is 7.55. The highest BCUT2D eigenvalue weighted by Crippen LogP contribution is 2.40. The first kappa shape index (κ1) is 30.1. The summed E-state index contributed by atoms with van der Waals surface area (Å²) in [7, 11) is 0. The molecule has 0 spiro atoms. The molecule has 0 aliphatic carbocycles. The monoisotopic (exact) mass is 611 g/mol. The lowest BCUT2D eigenvalue weighted by atomic mass is 9.92. The topological polar surface area (TPSA) is 67.4 Å². The SMILES string of the molecule is Cc1cc(C)c(-c2ccc3c4ccc(-c5c(C)cc(C)cc5C)cc4n(-c4cc(-c5nc(C)nc(C)n5)ccc4C#N)c3c2)c(C)c1. The number of hydrogen-bond acceptors (Lipinski definition) is 4. The summed E-state index contributed by atoms with van der Waals surface area (Å²) in [6.45, 7) is 16.8. The van der Waals surface area contributed by atoms with Crippen molar-refractivity contribution in [1.29, 1.82) is 5.26 Å². The molecular formula is C42H37N5. The first-order chi connectivity index (χ1) is 22.5. The van der Waals surface area contributed by atoms with Crippen molar-refractivity contribution in [3.8, 4) is 45.4 Å². The number of aromatic nitrogens is 4. The van der Waals surface area contributed by atoms with E-state index in [1.807, 2.05) is 26.0 Å². The minimum Gasteiger partial charge on any atom is -0.308 e. The standard InChI is InChI=1S/C42H37N5/c1-23-15-25(3)40(26(4)16-23)31-11-13-35-36-14-12-32(41-27(5)17-24(2)18-28(41)6)20-39(36)47(38(35)19-31)37-21-33(9-10-34(37)22-43)42-45-29(7)44-30(8)46-42/h9-21H,1-8H3. The van der Waals surface area contributed by atoms with Crippen LogP contribution in [0.3, 0.4) is 0 Å². The number of nitrogens with zero attached hydrogens (tertiary/aromatic N) is 5. The molecule has 47 heavy (non-hydrogen) atoms. The second kappa shape index (κ2) is 11.3. The van der Waals surface area contributed by atoms with Gasteiger partial charge >= 0.3 is 0 Å². The molecule has 0 atom stereocenters. The molecule has 0 N–H and O–H groups in total. The van der Waals surface area contributed by atoms with Gasteiger partial charge in [0.15, 0.2) is 5.82 Å². The second-order valence-corrected chi connectivity index (χ2v) is 12.9. The Hall–Kier alpha value is -5.60. The van der Waals surface area contributed by atoms with Crippen molar-refractivity contribution in [3.05, 3.63) is 129 Å². The Labute approximate surface area is 276 Å². The highest BCUT2D eigenvalue weighted by molar-refractivity contribution is 6.11. The zero-order valence-corrected chi connectivity index (χ0v) is 28.2. The third-order valence-electron chi connectivity index (χ3n) is 9.18. The fourth-order valence-electron chi connectivity index (χ4n) is 7.55. The Balaban J connectivity index is 1.59. The smallest absolute Gasteiger partial charge is 0.163 e. The molecule has 7 aromatic rings. The van der Waals surface area contributed by atoms with Crippen molar-refractivity contribution in [3.63, 3.8) is 0 Å². The van der Waals surface area contributed by atoms with E-state index in [1.165, 1.54) is 44.5 Å². The van der Waals surface area contributed by atoms with Gasteiger partial charge in [0.25, 0.3) is 0 Å². The number of nitriles is 1. The summed E-state index contributed by atoms with van der Waals surface area (Å²) in [5.74, 6) is 1.93. The van der Waals surface area contributed by atoms with Gasteiger partial charge in [0.1, 0.15) is 17.7 Å². The molecule has 0 radical (unpaired) electrons. The van der Waals surface area contributed by atoms with Gasteiger partial charge < -0.3 is 4.57 Å². The first-order valence-electron chi connectivity index (χ1n) is 16.0. The predicted octanol–water partition coefficient (Wildman–Crippen LogP) is 10.3. The van der Waals surface area contributed by atoms with Gasteiger partial charge in [-0.1, -0.05) is 59.7 Å². The van der Waals surface area contributed by atoms with Crippen LogP contribution in [0, 0.1) is 66.7 Å². The normalized spacial score (nSPS) is 11.4. The van der Waals surface area contributed by atoms with Gasteiger partial charge in [-0.15, -0.1) is 0 Å². The molecule has 2 heterocycles. The first-order valence-corrected chi connectivity index (χ1v) is 16.0. The minimum atomic E-state index is 0.580. The molecule has 0 saturated heterocycles. The van der Waals surface area contributed by atoms with E-state index in [1.54, 1.807) is 0 Å². The Morgan fingerprint density at radius 1 is 0.511 bits per heavy atom. The van der Waals surface area contributed by atoms with Crippen LogP contribution in [0.5, 0.6) is 0 Å². The van der Waals surface area contributed by atoms with E-state index < -0.39 is 0 Å². The van der Waals surface area contributed by atoms with E-state index in [0.29, 0.717) is 23.0 Å². The molecule has 0 amide bonds. The highest BCUT2D eigenvalue weighted by atomic mass is 15.0. The molecule has 0 fully saturated rings. The lowest BCUT2D eigenvalue weighted by Gasteiger charge is -2.15. The van der Waals surface area contributed by atoms with E-state index >= 15 is 0 Å². The molecule has 0 saturated carbocycles. The zero-order valence-electron chi connectivity index (χ0n) is 28.2. The molecule has 0 aliphatic heterocycles. The summed E-state index contributed by atoms with van der Waals surface area (Å²) < 4.78 is 2.26. The van der Waals surface area contributed by atoms with Crippen LogP contribution in [-0.4, -0.2) is 19.5 Å². The van der Waals surface area contributed by atoms with Crippen LogP contribution in [0.1, 0.15) is 50.6 Å². The molecule has 0 bridgehead atoms. The van der Waals surface area contributed by atoms with E-state index in [2.05, 4.69) is 134 Å². The van der Waals surface area contributed by atoms with Gasteiger partial charge in [0, 0.05) is 16.3 Å². The molecular weight excluding hydrogens is 574 g/mol. The highest BCUT2D eigenvalue weighted by Gasteiger charge is 2.20. The van der Waals surface area contributed by atoms with E-state index in [0.717, 1.165) is 44.2 Å². The molecule has 7 rings (SSSR count). The van der Waals surface area contributed by atoms with Crippen molar-refractivity contribution in [2.45, 2.75) is 55.4 Å². The Bertz CT molecular complexity index is 2270. The summed E-state index contributed by atoms with van der Waals surface area (Å²) in [5, 5.41) is 12.7. The van der Waals surface area contributed by atoms with Crippen molar-refractivity contribution in [2.24, 2.45) is 0 Å². The summed E-state index contributed by atoms with van der Waals surface area (Å²) >= 11 is 0. The largest absolute Gasteiger partial charge is 0.308 e. The van der Waals surface area contributed by atoms with Gasteiger partial charge in [-0.3, -0.25) is 0 Å². The summed E-state index contributed by atoms with van der Waals surface area (Å²) in [6, 6.07) is 30.8.